The van der Waals surface area contributed by atoms with Crippen molar-refractivity contribution in [1.82, 2.24) is 4.98 Å². The number of aromatic amines is 1. The minimum Gasteiger partial charge on any atom is -0.497 e. The second kappa shape index (κ2) is 6.53. The van der Waals surface area contributed by atoms with Crippen molar-refractivity contribution >= 4 is 10.9 Å². The highest BCUT2D eigenvalue weighted by atomic mass is 16.5. The molecule has 0 saturated heterocycles. The van der Waals surface area contributed by atoms with Crippen LogP contribution in [0.4, 0.5) is 0 Å². The zero-order valence-corrected chi connectivity index (χ0v) is 13.4. The summed E-state index contributed by atoms with van der Waals surface area (Å²) in [6, 6.07) is 8.46. The molecular weight excluding hydrogens is 276 g/mol. The number of aromatic nitrogens is 1. The van der Waals surface area contributed by atoms with Crippen molar-refractivity contribution in [2.24, 2.45) is 5.92 Å². The van der Waals surface area contributed by atoms with Crippen molar-refractivity contribution in [3.63, 3.8) is 0 Å². The molecule has 1 aliphatic carbocycles. The summed E-state index contributed by atoms with van der Waals surface area (Å²) in [7, 11) is 1.63. The van der Waals surface area contributed by atoms with E-state index in [1.807, 2.05) is 24.3 Å². The number of rotatable bonds is 4. The molecule has 3 rings (SSSR count). The van der Waals surface area contributed by atoms with Crippen LogP contribution in [0.25, 0.3) is 10.9 Å². The monoisotopic (exact) mass is 301 g/mol. The number of H-pyrrole nitrogens is 1. The van der Waals surface area contributed by atoms with Gasteiger partial charge in [-0.2, -0.15) is 0 Å². The van der Waals surface area contributed by atoms with Crippen LogP contribution >= 0.6 is 0 Å². The lowest BCUT2D eigenvalue weighted by Gasteiger charge is -2.26. The quantitative estimate of drug-likeness (QED) is 0.909. The first-order chi connectivity index (χ1) is 10.7. The minimum atomic E-state index is 0.0143. The lowest BCUT2D eigenvalue weighted by atomic mass is 9.86. The van der Waals surface area contributed by atoms with Crippen LogP contribution in [0, 0.1) is 5.92 Å². The molecule has 4 nitrogen and oxygen atoms in total. The van der Waals surface area contributed by atoms with Crippen LogP contribution in [0.1, 0.15) is 38.2 Å². The first-order valence-corrected chi connectivity index (χ1v) is 8.20. The molecule has 1 saturated carbocycles. The Balaban J connectivity index is 1.78. The van der Waals surface area contributed by atoms with Crippen LogP contribution in [-0.4, -0.2) is 18.1 Å². The number of ether oxygens (including phenoxy) is 1. The largest absolute Gasteiger partial charge is 0.497 e. The SMILES string of the molecule is COc1ccc2cc(C[NH2+][C@H]3CCCC[C@@H]3C)c(=O)[nH]c2c1. The number of hydrogen-bond acceptors (Lipinski definition) is 2. The molecule has 0 amide bonds. The summed E-state index contributed by atoms with van der Waals surface area (Å²) in [5.74, 6) is 1.51. The molecule has 0 aliphatic heterocycles. The van der Waals surface area contributed by atoms with Gasteiger partial charge in [0.15, 0.2) is 0 Å². The molecule has 1 heterocycles. The molecule has 4 heteroatoms. The molecule has 2 atom stereocenters. The normalized spacial score (nSPS) is 21.9. The molecule has 0 spiro atoms. The zero-order chi connectivity index (χ0) is 15.5. The highest BCUT2D eigenvalue weighted by molar-refractivity contribution is 5.80. The Morgan fingerprint density at radius 1 is 1.27 bits per heavy atom. The van der Waals surface area contributed by atoms with Gasteiger partial charge in [0.1, 0.15) is 12.3 Å². The number of nitrogens with one attached hydrogen (secondary N) is 1. The molecule has 22 heavy (non-hydrogen) atoms. The molecule has 0 bridgehead atoms. The van der Waals surface area contributed by atoms with Crippen LogP contribution in [0.15, 0.2) is 29.1 Å². The highest BCUT2D eigenvalue weighted by Crippen LogP contribution is 2.21. The Labute approximate surface area is 130 Å². The number of fused-ring (bicyclic) bond motifs is 1. The van der Waals surface area contributed by atoms with Gasteiger partial charge in [-0.3, -0.25) is 4.79 Å². The average molecular weight is 301 g/mol. The van der Waals surface area contributed by atoms with Gasteiger partial charge in [-0.1, -0.05) is 13.3 Å². The number of nitrogens with two attached hydrogens (primary N) is 1. The van der Waals surface area contributed by atoms with Crippen molar-refractivity contribution in [2.45, 2.75) is 45.2 Å². The summed E-state index contributed by atoms with van der Waals surface area (Å²) in [4.78, 5) is 15.2. The molecule has 1 aromatic heterocycles. The molecule has 1 aliphatic rings. The fraction of sp³-hybridized carbons (Fsp3) is 0.500. The van der Waals surface area contributed by atoms with Gasteiger partial charge in [0, 0.05) is 12.0 Å². The standard InChI is InChI=1S/C18H24N2O2/c1-12-5-3-4-6-16(12)19-11-14-9-13-7-8-15(22-2)10-17(13)20-18(14)21/h7-10,12,16,19H,3-6,11H2,1-2H3,(H,20,21)/p+1/t12-,16-/m0/s1. The van der Waals surface area contributed by atoms with E-state index in [0.717, 1.165) is 34.7 Å². The van der Waals surface area contributed by atoms with Crippen molar-refractivity contribution in [1.29, 1.82) is 0 Å². The number of hydrogen-bond donors (Lipinski definition) is 2. The van der Waals surface area contributed by atoms with Gasteiger partial charge in [-0.15, -0.1) is 0 Å². The van der Waals surface area contributed by atoms with E-state index in [2.05, 4.69) is 17.2 Å². The predicted molar refractivity (Wildman–Crippen MR) is 88.2 cm³/mol. The van der Waals surface area contributed by atoms with Gasteiger partial charge in [-0.05, 0) is 42.8 Å². The molecule has 0 radical (unpaired) electrons. The summed E-state index contributed by atoms with van der Waals surface area (Å²) >= 11 is 0. The van der Waals surface area contributed by atoms with E-state index in [9.17, 15) is 4.79 Å². The number of methoxy groups -OCH3 is 1. The van der Waals surface area contributed by atoms with E-state index < -0.39 is 0 Å². The average Bonchev–Trinajstić information content (AvgIpc) is 2.53. The summed E-state index contributed by atoms with van der Waals surface area (Å²) < 4.78 is 5.20. The molecule has 3 N–H and O–H groups in total. The van der Waals surface area contributed by atoms with Gasteiger partial charge in [0.25, 0.3) is 5.56 Å². The summed E-state index contributed by atoms with van der Waals surface area (Å²) in [5.41, 5.74) is 1.70. The summed E-state index contributed by atoms with van der Waals surface area (Å²) in [5, 5.41) is 3.41. The molecular formula is C18H25N2O2+. The van der Waals surface area contributed by atoms with E-state index in [4.69, 9.17) is 4.74 Å². The fourth-order valence-corrected chi connectivity index (χ4v) is 3.48. The van der Waals surface area contributed by atoms with Gasteiger partial charge in [0.2, 0.25) is 0 Å². The van der Waals surface area contributed by atoms with Crippen molar-refractivity contribution in [3.05, 3.63) is 40.2 Å². The van der Waals surface area contributed by atoms with Gasteiger partial charge >= 0.3 is 0 Å². The topological polar surface area (TPSA) is 58.7 Å². The third-order valence-corrected chi connectivity index (χ3v) is 4.95. The van der Waals surface area contributed by atoms with E-state index in [0.29, 0.717) is 6.04 Å². The third kappa shape index (κ3) is 3.17. The Hall–Kier alpha value is -1.81. The fourth-order valence-electron chi connectivity index (χ4n) is 3.48. The number of quaternary nitrogens is 1. The smallest absolute Gasteiger partial charge is 0.257 e. The molecule has 1 aromatic carbocycles. The Kier molecular flexibility index (Phi) is 4.48. The molecule has 1 fully saturated rings. The van der Waals surface area contributed by atoms with Crippen LogP contribution in [0.2, 0.25) is 0 Å². The lowest BCUT2D eigenvalue weighted by molar-refractivity contribution is -0.712. The zero-order valence-electron chi connectivity index (χ0n) is 13.4. The van der Waals surface area contributed by atoms with E-state index >= 15 is 0 Å². The number of pyridine rings is 1. The van der Waals surface area contributed by atoms with Crippen LogP contribution in [0.5, 0.6) is 5.75 Å². The first kappa shape index (κ1) is 15.1. The minimum absolute atomic E-state index is 0.0143. The second-order valence-electron chi connectivity index (χ2n) is 6.44. The molecule has 0 unspecified atom stereocenters. The second-order valence-corrected chi connectivity index (χ2v) is 6.44. The van der Waals surface area contributed by atoms with E-state index in [1.165, 1.54) is 25.7 Å². The predicted octanol–water partition coefficient (Wildman–Crippen LogP) is 2.18. The summed E-state index contributed by atoms with van der Waals surface area (Å²) in [6.45, 7) is 3.09. The Morgan fingerprint density at radius 2 is 2.09 bits per heavy atom. The van der Waals surface area contributed by atoms with Gasteiger partial charge in [-0.25, -0.2) is 0 Å². The maximum atomic E-state index is 12.3. The van der Waals surface area contributed by atoms with Crippen molar-refractivity contribution in [2.75, 3.05) is 7.11 Å². The first-order valence-electron chi connectivity index (χ1n) is 8.20. The Morgan fingerprint density at radius 3 is 2.86 bits per heavy atom. The van der Waals surface area contributed by atoms with Crippen LogP contribution in [-0.2, 0) is 6.54 Å². The van der Waals surface area contributed by atoms with Gasteiger partial charge in [0.05, 0.1) is 24.2 Å². The van der Waals surface area contributed by atoms with Gasteiger partial charge < -0.3 is 15.0 Å². The van der Waals surface area contributed by atoms with E-state index in [-0.39, 0.29) is 5.56 Å². The highest BCUT2D eigenvalue weighted by Gasteiger charge is 2.24. The Bertz CT molecular complexity index is 708. The van der Waals surface area contributed by atoms with Crippen LogP contribution < -0.4 is 15.6 Å². The van der Waals surface area contributed by atoms with E-state index in [1.54, 1.807) is 7.11 Å². The lowest BCUT2D eigenvalue weighted by Crippen LogP contribution is -2.90. The maximum Gasteiger partial charge on any atom is 0.257 e. The number of benzene rings is 1. The molecule has 118 valence electrons. The maximum absolute atomic E-state index is 12.3. The third-order valence-electron chi connectivity index (χ3n) is 4.95. The van der Waals surface area contributed by atoms with Crippen molar-refractivity contribution in [3.8, 4) is 5.75 Å². The summed E-state index contributed by atoms with van der Waals surface area (Å²) in [6.07, 6.45) is 5.25. The molecule has 2 aromatic rings. The van der Waals surface area contributed by atoms with Crippen LogP contribution in [0.3, 0.4) is 0 Å². The van der Waals surface area contributed by atoms with Crippen molar-refractivity contribution < 1.29 is 10.1 Å².